The van der Waals surface area contributed by atoms with Crippen LogP contribution in [0.5, 0.6) is 0 Å². The molecule has 0 bridgehead atoms. The SMILES string of the molecule is COCC(=O)NC[C@H]1[C@@H]2CC(=O)N[C@@H]2C[C@@H]1C. The van der Waals surface area contributed by atoms with Crippen molar-refractivity contribution in [2.75, 3.05) is 20.3 Å². The van der Waals surface area contributed by atoms with Crippen molar-refractivity contribution in [1.82, 2.24) is 10.6 Å². The zero-order valence-corrected chi connectivity index (χ0v) is 10.4. The lowest BCUT2D eigenvalue weighted by Gasteiger charge is -2.20. The second kappa shape index (κ2) is 5.04. The van der Waals surface area contributed by atoms with E-state index in [9.17, 15) is 9.59 Å². The number of rotatable bonds is 4. The summed E-state index contributed by atoms with van der Waals surface area (Å²) in [6.07, 6.45) is 1.64. The number of methoxy groups -OCH3 is 1. The summed E-state index contributed by atoms with van der Waals surface area (Å²) in [5, 5.41) is 5.89. The van der Waals surface area contributed by atoms with Crippen LogP contribution in [-0.2, 0) is 14.3 Å². The molecule has 96 valence electrons. The molecule has 0 radical (unpaired) electrons. The summed E-state index contributed by atoms with van der Waals surface area (Å²) in [6, 6.07) is 0.321. The van der Waals surface area contributed by atoms with Gasteiger partial charge in [-0.1, -0.05) is 6.92 Å². The lowest BCUT2D eigenvalue weighted by Crippen LogP contribution is -2.35. The van der Waals surface area contributed by atoms with Crippen LogP contribution in [0.15, 0.2) is 0 Å². The molecule has 1 aliphatic heterocycles. The average molecular weight is 240 g/mol. The smallest absolute Gasteiger partial charge is 0.245 e. The molecule has 1 heterocycles. The number of fused-ring (bicyclic) bond motifs is 1. The van der Waals surface area contributed by atoms with Crippen LogP contribution in [0, 0.1) is 17.8 Å². The topological polar surface area (TPSA) is 67.4 Å². The lowest BCUT2D eigenvalue weighted by molar-refractivity contribution is -0.125. The molecule has 2 rings (SSSR count). The zero-order valence-electron chi connectivity index (χ0n) is 10.4. The van der Waals surface area contributed by atoms with Crippen molar-refractivity contribution in [2.45, 2.75) is 25.8 Å². The van der Waals surface area contributed by atoms with E-state index in [1.165, 1.54) is 7.11 Å². The van der Waals surface area contributed by atoms with Gasteiger partial charge in [0.15, 0.2) is 0 Å². The number of carbonyl (C=O) groups is 2. The van der Waals surface area contributed by atoms with Gasteiger partial charge >= 0.3 is 0 Å². The van der Waals surface area contributed by atoms with Crippen molar-refractivity contribution in [1.29, 1.82) is 0 Å². The van der Waals surface area contributed by atoms with E-state index in [-0.39, 0.29) is 18.4 Å². The Hall–Kier alpha value is -1.10. The Morgan fingerprint density at radius 1 is 1.59 bits per heavy atom. The average Bonchev–Trinajstić information content (AvgIpc) is 2.71. The molecule has 0 aromatic rings. The molecule has 2 amide bonds. The van der Waals surface area contributed by atoms with E-state index >= 15 is 0 Å². The second-order valence-corrected chi connectivity index (χ2v) is 5.16. The third-order valence-corrected chi connectivity index (χ3v) is 4.00. The molecule has 0 aromatic heterocycles. The fourth-order valence-corrected chi connectivity index (χ4v) is 3.18. The van der Waals surface area contributed by atoms with Gasteiger partial charge in [0.25, 0.3) is 0 Å². The first-order chi connectivity index (χ1) is 8.11. The predicted molar refractivity (Wildman–Crippen MR) is 62.2 cm³/mol. The molecule has 4 atom stereocenters. The largest absolute Gasteiger partial charge is 0.375 e. The Labute approximate surface area is 101 Å². The lowest BCUT2D eigenvalue weighted by atomic mass is 9.88. The summed E-state index contributed by atoms with van der Waals surface area (Å²) in [5.41, 5.74) is 0. The molecule has 0 spiro atoms. The van der Waals surface area contributed by atoms with E-state index in [4.69, 9.17) is 4.74 Å². The van der Waals surface area contributed by atoms with E-state index in [2.05, 4.69) is 17.6 Å². The highest BCUT2D eigenvalue weighted by atomic mass is 16.5. The van der Waals surface area contributed by atoms with Gasteiger partial charge in [-0.25, -0.2) is 0 Å². The normalized spacial score (nSPS) is 35.5. The van der Waals surface area contributed by atoms with Crippen LogP contribution in [0.2, 0.25) is 0 Å². The van der Waals surface area contributed by atoms with Crippen molar-refractivity contribution >= 4 is 11.8 Å². The minimum Gasteiger partial charge on any atom is -0.375 e. The quantitative estimate of drug-likeness (QED) is 0.721. The molecule has 1 aliphatic carbocycles. The Morgan fingerprint density at radius 2 is 2.35 bits per heavy atom. The maximum atomic E-state index is 11.3. The molecular weight excluding hydrogens is 220 g/mol. The van der Waals surface area contributed by atoms with Crippen LogP contribution in [0.1, 0.15) is 19.8 Å². The maximum Gasteiger partial charge on any atom is 0.245 e. The number of carbonyl (C=O) groups excluding carboxylic acids is 2. The van der Waals surface area contributed by atoms with E-state index in [0.29, 0.717) is 36.8 Å². The van der Waals surface area contributed by atoms with E-state index in [1.54, 1.807) is 0 Å². The highest BCUT2D eigenvalue weighted by Gasteiger charge is 2.46. The summed E-state index contributed by atoms with van der Waals surface area (Å²) in [4.78, 5) is 22.7. The van der Waals surface area contributed by atoms with E-state index in [0.717, 1.165) is 6.42 Å². The maximum absolute atomic E-state index is 11.3. The Bertz CT molecular complexity index is 319. The Balaban J connectivity index is 1.87. The minimum atomic E-state index is -0.0829. The molecule has 1 saturated heterocycles. The van der Waals surface area contributed by atoms with Crippen LogP contribution in [0.3, 0.4) is 0 Å². The van der Waals surface area contributed by atoms with Crippen LogP contribution in [-0.4, -0.2) is 38.1 Å². The van der Waals surface area contributed by atoms with Gasteiger partial charge in [0.1, 0.15) is 6.61 Å². The van der Waals surface area contributed by atoms with Crippen LogP contribution >= 0.6 is 0 Å². The van der Waals surface area contributed by atoms with Gasteiger partial charge in [-0.2, -0.15) is 0 Å². The first kappa shape index (κ1) is 12.4. The van der Waals surface area contributed by atoms with Gasteiger partial charge in [-0.3, -0.25) is 9.59 Å². The fraction of sp³-hybridized carbons (Fsp3) is 0.833. The fourth-order valence-electron chi connectivity index (χ4n) is 3.18. The van der Waals surface area contributed by atoms with Crippen molar-refractivity contribution in [3.63, 3.8) is 0 Å². The number of hydrogen-bond acceptors (Lipinski definition) is 3. The van der Waals surface area contributed by atoms with Crippen molar-refractivity contribution < 1.29 is 14.3 Å². The Kier molecular flexibility index (Phi) is 3.66. The molecule has 2 aliphatic rings. The number of amides is 2. The molecule has 0 unspecified atom stereocenters. The highest BCUT2D eigenvalue weighted by molar-refractivity contribution is 5.79. The first-order valence-electron chi connectivity index (χ1n) is 6.16. The molecule has 5 nitrogen and oxygen atoms in total. The van der Waals surface area contributed by atoms with Crippen LogP contribution in [0.4, 0.5) is 0 Å². The monoisotopic (exact) mass is 240 g/mol. The molecule has 17 heavy (non-hydrogen) atoms. The third-order valence-electron chi connectivity index (χ3n) is 4.00. The first-order valence-corrected chi connectivity index (χ1v) is 6.16. The summed E-state index contributed by atoms with van der Waals surface area (Å²) < 4.78 is 4.77. The van der Waals surface area contributed by atoms with Crippen molar-refractivity contribution in [3.8, 4) is 0 Å². The van der Waals surface area contributed by atoms with Gasteiger partial charge in [0, 0.05) is 26.1 Å². The second-order valence-electron chi connectivity index (χ2n) is 5.16. The predicted octanol–water partition coefficient (Wildman–Crippen LogP) is -0.0903. The van der Waals surface area contributed by atoms with Crippen molar-refractivity contribution in [3.05, 3.63) is 0 Å². The van der Waals surface area contributed by atoms with Crippen LogP contribution < -0.4 is 10.6 Å². The van der Waals surface area contributed by atoms with Crippen LogP contribution in [0.25, 0.3) is 0 Å². The summed E-state index contributed by atoms with van der Waals surface area (Å²) in [7, 11) is 1.51. The van der Waals surface area contributed by atoms with Gasteiger partial charge in [-0.05, 0) is 24.2 Å². The summed E-state index contributed by atoms with van der Waals surface area (Å²) >= 11 is 0. The van der Waals surface area contributed by atoms with E-state index < -0.39 is 0 Å². The molecule has 1 saturated carbocycles. The zero-order chi connectivity index (χ0) is 12.4. The van der Waals surface area contributed by atoms with Crippen molar-refractivity contribution in [2.24, 2.45) is 17.8 Å². The summed E-state index contributed by atoms with van der Waals surface area (Å²) in [6.45, 7) is 2.95. The van der Waals surface area contributed by atoms with Gasteiger partial charge < -0.3 is 15.4 Å². The molecule has 0 aromatic carbocycles. The van der Waals surface area contributed by atoms with E-state index in [1.807, 2.05) is 0 Å². The number of nitrogens with one attached hydrogen (secondary N) is 2. The summed E-state index contributed by atoms with van der Waals surface area (Å²) in [5.74, 6) is 1.41. The molecule has 2 fully saturated rings. The minimum absolute atomic E-state index is 0.0829. The molecule has 2 N–H and O–H groups in total. The number of ether oxygens (including phenoxy) is 1. The third kappa shape index (κ3) is 2.60. The Morgan fingerprint density at radius 3 is 3.06 bits per heavy atom. The standard InChI is InChI=1S/C12H20N2O3/c1-7-3-10-8(4-11(15)14-10)9(7)5-13-12(16)6-17-2/h7-10H,3-6H2,1-2H3,(H,13,16)(H,14,15)/t7-,8-,9+,10+/m0/s1. The van der Waals surface area contributed by atoms with Gasteiger partial charge in [-0.15, -0.1) is 0 Å². The van der Waals surface area contributed by atoms with Gasteiger partial charge in [0.05, 0.1) is 0 Å². The van der Waals surface area contributed by atoms with Gasteiger partial charge in [0.2, 0.25) is 11.8 Å². The number of hydrogen-bond donors (Lipinski definition) is 2. The highest BCUT2D eigenvalue weighted by Crippen LogP contribution is 2.41. The molecule has 5 heteroatoms. The molecular formula is C12H20N2O3.